The maximum atomic E-state index is 9.78. The molecule has 4 nitrogen and oxygen atoms in total. The van der Waals surface area contributed by atoms with Crippen LogP contribution in [0, 0.1) is 5.92 Å². The summed E-state index contributed by atoms with van der Waals surface area (Å²) in [6.45, 7) is 5.79. The molecule has 0 saturated heterocycles. The van der Waals surface area contributed by atoms with E-state index in [-0.39, 0.29) is 0 Å². The van der Waals surface area contributed by atoms with Gasteiger partial charge in [0.15, 0.2) is 0 Å². The minimum Gasteiger partial charge on any atom is -0.385 e. The molecule has 0 aliphatic heterocycles. The van der Waals surface area contributed by atoms with Gasteiger partial charge in [0.05, 0.1) is 5.69 Å². The molecule has 2 N–H and O–H groups in total. The largest absolute Gasteiger partial charge is 0.385 e. The van der Waals surface area contributed by atoms with E-state index in [1.807, 2.05) is 13.1 Å². The van der Waals surface area contributed by atoms with E-state index in [0.29, 0.717) is 12.5 Å². The lowest BCUT2D eigenvalue weighted by Crippen LogP contribution is -2.26. The van der Waals surface area contributed by atoms with Crippen molar-refractivity contribution in [1.29, 1.82) is 0 Å². The molecule has 0 radical (unpaired) electrons. The van der Waals surface area contributed by atoms with Crippen molar-refractivity contribution in [2.75, 3.05) is 13.1 Å². The SMILES string of the molecule is CC(C)CNCC(O)c1ccnn1C. The molecule has 1 unspecified atom stereocenters. The van der Waals surface area contributed by atoms with Crippen molar-refractivity contribution in [2.45, 2.75) is 20.0 Å². The van der Waals surface area contributed by atoms with E-state index in [1.165, 1.54) is 0 Å². The summed E-state index contributed by atoms with van der Waals surface area (Å²) in [5.74, 6) is 0.605. The lowest BCUT2D eigenvalue weighted by atomic mass is 10.2. The maximum Gasteiger partial charge on any atom is 0.108 e. The lowest BCUT2D eigenvalue weighted by molar-refractivity contribution is 0.164. The van der Waals surface area contributed by atoms with Crippen LogP contribution in [0.1, 0.15) is 25.6 Å². The van der Waals surface area contributed by atoms with Crippen LogP contribution in [0.15, 0.2) is 12.3 Å². The third-order valence-electron chi connectivity index (χ3n) is 2.09. The molecule has 1 aromatic heterocycles. The van der Waals surface area contributed by atoms with Crippen LogP contribution >= 0.6 is 0 Å². The highest BCUT2D eigenvalue weighted by atomic mass is 16.3. The van der Waals surface area contributed by atoms with Crippen LogP contribution in [0.5, 0.6) is 0 Å². The zero-order chi connectivity index (χ0) is 10.6. The fraction of sp³-hybridized carbons (Fsp3) is 0.700. The van der Waals surface area contributed by atoms with Gasteiger partial charge in [-0.15, -0.1) is 0 Å². The van der Waals surface area contributed by atoms with Gasteiger partial charge >= 0.3 is 0 Å². The average Bonchev–Trinajstić information content (AvgIpc) is 2.50. The summed E-state index contributed by atoms with van der Waals surface area (Å²) in [6.07, 6.45) is 1.22. The Morgan fingerprint density at radius 1 is 1.50 bits per heavy atom. The van der Waals surface area contributed by atoms with Crippen LogP contribution in [0.2, 0.25) is 0 Å². The second kappa shape index (κ2) is 5.12. The van der Waals surface area contributed by atoms with Crippen LogP contribution in [0.4, 0.5) is 0 Å². The molecule has 0 amide bonds. The predicted molar refractivity (Wildman–Crippen MR) is 55.9 cm³/mol. The first-order chi connectivity index (χ1) is 6.61. The molecule has 0 spiro atoms. The number of nitrogens with one attached hydrogen (secondary N) is 1. The topological polar surface area (TPSA) is 50.1 Å². The van der Waals surface area contributed by atoms with Crippen molar-refractivity contribution in [3.05, 3.63) is 18.0 Å². The van der Waals surface area contributed by atoms with E-state index < -0.39 is 6.10 Å². The molecule has 0 fully saturated rings. The number of hydrogen-bond donors (Lipinski definition) is 2. The van der Waals surface area contributed by atoms with Gasteiger partial charge < -0.3 is 10.4 Å². The quantitative estimate of drug-likeness (QED) is 0.730. The second-order valence-corrected chi connectivity index (χ2v) is 3.95. The highest BCUT2D eigenvalue weighted by molar-refractivity contribution is 5.04. The summed E-state index contributed by atoms with van der Waals surface area (Å²) < 4.78 is 1.70. The summed E-state index contributed by atoms with van der Waals surface area (Å²) in [4.78, 5) is 0. The zero-order valence-electron chi connectivity index (χ0n) is 9.07. The van der Waals surface area contributed by atoms with Crippen LogP contribution < -0.4 is 5.32 Å². The first-order valence-electron chi connectivity index (χ1n) is 4.98. The zero-order valence-corrected chi connectivity index (χ0v) is 9.07. The predicted octanol–water partition coefficient (Wildman–Crippen LogP) is 0.699. The summed E-state index contributed by atoms with van der Waals surface area (Å²) in [5, 5.41) is 17.0. The van der Waals surface area contributed by atoms with Gasteiger partial charge in [-0.2, -0.15) is 5.10 Å². The van der Waals surface area contributed by atoms with E-state index in [1.54, 1.807) is 10.9 Å². The molecule has 1 heterocycles. The smallest absolute Gasteiger partial charge is 0.108 e. The lowest BCUT2D eigenvalue weighted by Gasteiger charge is -2.13. The highest BCUT2D eigenvalue weighted by Crippen LogP contribution is 2.09. The van der Waals surface area contributed by atoms with Crippen molar-refractivity contribution in [2.24, 2.45) is 13.0 Å². The molecule has 0 saturated carbocycles. The Morgan fingerprint density at radius 2 is 2.21 bits per heavy atom. The summed E-state index contributed by atoms with van der Waals surface area (Å²) in [7, 11) is 1.83. The van der Waals surface area contributed by atoms with E-state index >= 15 is 0 Å². The number of aliphatic hydroxyl groups is 1. The van der Waals surface area contributed by atoms with E-state index in [4.69, 9.17) is 0 Å². The Morgan fingerprint density at radius 3 is 2.71 bits per heavy atom. The number of hydrogen-bond acceptors (Lipinski definition) is 3. The van der Waals surface area contributed by atoms with Gasteiger partial charge in [0.25, 0.3) is 0 Å². The molecular weight excluding hydrogens is 178 g/mol. The fourth-order valence-corrected chi connectivity index (χ4v) is 1.32. The van der Waals surface area contributed by atoms with Gasteiger partial charge in [0.1, 0.15) is 6.10 Å². The molecule has 1 atom stereocenters. The van der Waals surface area contributed by atoms with E-state index in [9.17, 15) is 5.11 Å². The molecule has 80 valence electrons. The van der Waals surface area contributed by atoms with E-state index in [0.717, 1.165) is 12.2 Å². The molecule has 14 heavy (non-hydrogen) atoms. The third kappa shape index (κ3) is 3.12. The number of nitrogens with zero attached hydrogens (tertiary/aromatic N) is 2. The molecule has 0 aliphatic carbocycles. The molecule has 0 aliphatic rings. The molecule has 4 heteroatoms. The average molecular weight is 197 g/mol. The normalized spacial score (nSPS) is 13.5. The van der Waals surface area contributed by atoms with Crippen LogP contribution in [0.25, 0.3) is 0 Å². The van der Waals surface area contributed by atoms with E-state index in [2.05, 4.69) is 24.3 Å². The minimum absolute atomic E-state index is 0.471. The van der Waals surface area contributed by atoms with Crippen LogP contribution in [0.3, 0.4) is 0 Å². The molecular formula is C10H19N3O. The minimum atomic E-state index is -0.471. The van der Waals surface area contributed by atoms with Gasteiger partial charge in [-0.05, 0) is 18.5 Å². The highest BCUT2D eigenvalue weighted by Gasteiger charge is 2.10. The number of aromatic nitrogens is 2. The van der Waals surface area contributed by atoms with Crippen molar-refractivity contribution >= 4 is 0 Å². The summed E-state index contributed by atoms with van der Waals surface area (Å²) in [5.41, 5.74) is 0.848. The first-order valence-corrected chi connectivity index (χ1v) is 4.98. The maximum absolute atomic E-state index is 9.78. The van der Waals surface area contributed by atoms with Gasteiger partial charge in [0, 0.05) is 19.8 Å². The Balaban J connectivity index is 2.36. The molecule has 0 bridgehead atoms. The monoisotopic (exact) mass is 197 g/mol. The van der Waals surface area contributed by atoms with Crippen LogP contribution in [-0.2, 0) is 7.05 Å². The standard InChI is InChI=1S/C10H19N3O/c1-8(2)6-11-7-10(14)9-4-5-12-13(9)3/h4-5,8,10-11,14H,6-7H2,1-3H3. The van der Waals surface area contributed by atoms with Gasteiger partial charge in [-0.3, -0.25) is 4.68 Å². The fourth-order valence-electron chi connectivity index (χ4n) is 1.32. The van der Waals surface area contributed by atoms with Crippen molar-refractivity contribution in [3.63, 3.8) is 0 Å². The second-order valence-electron chi connectivity index (χ2n) is 3.95. The van der Waals surface area contributed by atoms with Crippen molar-refractivity contribution in [1.82, 2.24) is 15.1 Å². The molecule has 1 aromatic rings. The number of aryl methyl sites for hydroxylation is 1. The molecule has 1 rings (SSSR count). The van der Waals surface area contributed by atoms with Gasteiger partial charge in [-0.1, -0.05) is 13.8 Å². The Bertz CT molecular complexity index is 270. The van der Waals surface area contributed by atoms with Crippen molar-refractivity contribution in [3.8, 4) is 0 Å². The summed E-state index contributed by atoms with van der Waals surface area (Å²) >= 11 is 0. The summed E-state index contributed by atoms with van der Waals surface area (Å²) in [6, 6.07) is 1.84. The third-order valence-corrected chi connectivity index (χ3v) is 2.09. The Kier molecular flexibility index (Phi) is 4.10. The van der Waals surface area contributed by atoms with Gasteiger partial charge in [-0.25, -0.2) is 0 Å². The van der Waals surface area contributed by atoms with Crippen LogP contribution in [-0.4, -0.2) is 28.0 Å². The van der Waals surface area contributed by atoms with Crippen molar-refractivity contribution < 1.29 is 5.11 Å². The Labute approximate surface area is 84.9 Å². The Hall–Kier alpha value is -0.870. The number of aliphatic hydroxyl groups excluding tert-OH is 1. The molecule has 0 aromatic carbocycles. The van der Waals surface area contributed by atoms with Gasteiger partial charge in [0.2, 0.25) is 0 Å². The first kappa shape index (κ1) is 11.2. The number of rotatable bonds is 5.